The molecule has 0 aliphatic carbocycles. The van der Waals surface area contributed by atoms with E-state index in [1.807, 2.05) is 6.07 Å². The Morgan fingerprint density at radius 3 is 2.75 bits per heavy atom. The summed E-state index contributed by atoms with van der Waals surface area (Å²) in [4.78, 5) is 22.1. The minimum Gasteiger partial charge on any atom is -0.478 e. The number of ether oxygens (including phenoxy) is 1. The molecule has 0 amide bonds. The van der Waals surface area contributed by atoms with E-state index in [9.17, 15) is 9.59 Å². The molecule has 0 radical (unpaired) electrons. The molecule has 1 aromatic heterocycles. The van der Waals surface area contributed by atoms with Crippen LogP contribution < -0.4 is 0 Å². The number of esters is 1. The van der Waals surface area contributed by atoms with Crippen molar-refractivity contribution in [3.63, 3.8) is 0 Å². The lowest BCUT2D eigenvalue weighted by molar-refractivity contribution is -0.131. The molecular weight excluding hydrogens is 258 g/mol. The second-order valence-corrected chi connectivity index (χ2v) is 4.02. The molecule has 5 nitrogen and oxygen atoms in total. The van der Waals surface area contributed by atoms with E-state index < -0.39 is 11.9 Å². The number of rotatable bonds is 4. The van der Waals surface area contributed by atoms with Crippen molar-refractivity contribution < 1.29 is 19.4 Å². The van der Waals surface area contributed by atoms with E-state index in [-0.39, 0.29) is 0 Å². The number of hydrogen-bond acceptors (Lipinski definition) is 3. The summed E-state index contributed by atoms with van der Waals surface area (Å²) in [6, 6.07) is 10.5. The standard InChI is InChI=1S/C15H13NO4/c1-20-15(19)11-4-2-5-13(10-11)16-9-3-6-12(16)7-8-14(17)18/h2-10H,1H3,(H,17,18)/b8-7+. The Morgan fingerprint density at radius 2 is 2.05 bits per heavy atom. The van der Waals surface area contributed by atoms with Crippen molar-refractivity contribution in [3.8, 4) is 5.69 Å². The first-order valence-corrected chi connectivity index (χ1v) is 5.89. The molecule has 0 saturated heterocycles. The van der Waals surface area contributed by atoms with Crippen LogP contribution in [0.2, 0.25) is 0 Å². The third-order valence-electron chi connectivity index (χ3n) is 2.72. The van der Waals surface area contributed by atoms with Crippen LogP contribution in [-0.2, 0) is 9.53 Å². The smallest absolute Gasteiger partial charge is 0.337 e. The van der Waals surface area contributed by atoms with Gasteiger partial charge < -0.3 is 14.4 Å². The molecule has 2 aromatic rings. The number of aliphatic carboxylic acids is 1. The van der Waals surface area contributed by atoms with Crippen molar-refractivity contribution in [3.05, 3.63) is 59.9 Å². The van der Waals surface area contributed by atoms with Gasteiger partial charge in [-0.25, -0.2) is 9.59 Å². The fourth-order valence-corrected chi connectivity index (χ4v) is 1.82. The summed E-state index contributed by atoms with van der Waals surface area (Å²) in [6.45, 7) is 0. The van der Waals surface area contributed by atoms with E-state index in [0.717, 1.165) is 11.8 Å². The first-order valence-electron chi connectivity index (χ1n) is 5.89. The first-order chi connectivity index (χ1) is 9.61. The highest BCUT2D eigenvalue weighted by molar-refractivity contribution is 5.90. The van der Waals surface area contributed by atoms with Gasteiger partial charge in [0.2, 0.25) is 0 Å². The average molecular weight is 271 g/mol. The summed E-state index contributed by atoms with van der Waals surface area (Å²) in [6.07, 6.45) is 4.35. The maximum Gasteiger partial charge on any atom is 0.337 e. The number of methoxy groups -OCH3 is 1. The molecular formula is C15H13NO4. The fourth-order valence-electron chi connectivity index (χ4n) is 1.82. The minimum atomic E-state index is -1.01. The van der Waals surface area contributed by atoms with Gasteiger partial charge in [0.15, 0.2) is 0 Å². The average Bonchev–Trinajstić information content (AvgIpc) is 2.92. The molecule has 1 N–H and O–H groups in total. The van der Waals surface area contributed by atoms with E-state index in [1.165, 1.54) is 13.2 Å². The van der Waals surface area contributed by atoms with E-state index in [2.05, 4.69) is 4.74 Å². The maximum atomic E-state index is 11.5. The van der Waals surface area contributed by atoms with Gasteiger partial charge in [0.1, 0.15) is 0 Å². The molecule has 0 bridgehead atoms. The Kier molecular flexibility index (Phi) is 4.00. The summed E-state index contributed by atoms with van der Waals surface area (Å²) in [5.74, 6) is -1.43. The highest BCUT2D eigenvalue weighted by Gasteiger charge is 2.07. The fraction of sp³-hybridized carbons (Fsp3) is 0.0667. The van der Waals surface area contributed by atoms with Crippen molar-refractivity contribution in [1.29, 1.82) is 0 Å². The zero-order chi connectivity index (χ0) is 14.5. The normalized spacial score (nSPS) is 10.7. The zero-order valence-electron chi connectivity index (χ0n) is 10.8. The molecule has 0 fully saturated rings. The second kappa shape index (κ2) is 5.88. The molecule has 0 atom stereocenters. The molecule has 0 aliphatic heterocycles. The summed E-state index contributed by atoms with van der Waals surface area (Å²) in [7, 11) is 1.33. The van der Waals surface area contributed by atoms with Crippen LogP contribution in [0.5, 0.6) is 0 Å². The van der Waals surface area contributed by atoms with Gasteiger partial charge in [0.25, 0.3) is 0 Å². The van der Waals surface area contributed by atoms with Gasteiger partial charge in [-0.15, -0.1) is 0 Å². The Balaban J connectivity index is 2.40. The molecule has 0 saturated carbocycles. The van der Waals surface area contributed by atoms with Crippen LogP contribution in [0.15, 0.2) is 48.7 Å². The molecule has 2 rings (SSSR count). The second-order valence-electron chi connectivity index (χ2n) is 4.02. The third kappa shape index (κ3) is 2.95. The summed E-state index contributed by atoms with van der Waals surface area (Å²) < 4.78 is 6.46. The molecule has 0 aliphatic rings. The van der Waals surface area contributed by atoms with Crippen LogP contribution in [0, 0.1) is 0 Å². The summed E-state index contributed by atoms with van der Waals surface area (Å²) >= 11 is 0. The number of aromatic nitrogens is 1. The molecule has 5 heteroatoms. The van der Waals surface area contributed by atoms with Gasteiger partial charge in [-0.05, 0) is 36.4 Å². The highest BCUT2D eigenvalue weighted by Crippen LogP contribution is 2.16. The van der Waals surface area contributed by atoms with Crippen molar-refractivity contribution in [2.24, 2.45) is 0 Å². The van der Waals surface area contributed by atoms with E-state index in [1.54, 1.807) is 41.1 Å². The quantitative estimate of drug-likeness (QED) is 0.684. The molecule has 1 heterocycles. The van der Waals surface area contributed by atoms with Crippen LogP contribution in [0.3, 0.4) is 0 Å². The number of nitrogens with zero attached hydrogens (tertiary/aromatic N) is 1. The van der Waals surface area contributed by atoms with Crippen LogP contribution in [0.1, 0.15) is 16.1 Å². The predicted molar refractivity (Wildman–Crippen MR) is 73.8 cm³/mol. The van der Waals surface area contributed by atoms with Crippen molar-refractivity contribution >= 4 is 18.0 Å². The number of hydrogen-bond donors (Lipinski definition) is 1. The van der Waals surface area contributed by atoms with E-state index >= 15 is 0 Å². The zero-order valence-corrected chi connectivity index (χ0v) is 10.8. The van der Waals surface area contributed by atoms with Crippen molar-refractivity contribution in [1.82, 2.24) is 4.57 Å². The molecule has 20 heavy (non-hydrogen) atoms. The molecule has 1 aromatic carbocycles. The molecule has 102 valence electrons. The maximum absolute atomic E-state index is 11.5. The van der Waals surface area contributed by atoms with Crippen molar-refractivity contribution in [2.45, 2.75) is 0 Å². The number of carbonyl (C=O) groups excluding carboxylic acids is 1. The Morgan fingerprint density at radius 1 is 1.25 bits per heavy atom. The van der Waals surface area contributed by atoms with Crippen molar-refractivity contribution in [2.75, 3.05) is 7.11 Å². The van der Waals surface area contributed by atoms with Gasteiger partial charge in [0, 0.05) is 23.7 Å². The lowest BCUT2D eigenvalue weighted by Crippen LogP contribution is -2.03. The van der Waals surface area contributed by atoms with Gasteiger partial charge in [-0.3, -0.25) is 0 Å². The first kappa shape index (κ1) is 13.6. The molecule has 0 spiro atoms. The molecule has 0 unspecified atom stereocenters. The number of carboxylic acids is 1. The van der Waals surface area contributed by atoms with Gasteiger partial charge in [-0.1, -0.05) is 6.07 Å². The highest BCUT2D eigenvalue weighted by atomic mass is 16.5. The third-order valence-corrected chi connectivity index (χ3v) is 2.72. The van der Waals surface area contributed by atoms with Gasteiger partial charge in [0.05, 0.1) is 12.7 Å². The van der Waals surface area contributed by atoms with Crippen LogP contribution in [0.25, 0.3) is 11.8 Å². The Hall–Kier alpha value is -2.82. The largest absolute Gasteiger partial charge is 0.478 e. The summed E-state index contributed by atoms with van der Waals surface area (Å²) in [5.41, 5.74) is 1.89. The Bertz CT molecular complexity index is 670. The number of carboxylic acid groups (broad SMARTS) is 1. The minimum absolute atomic E-state index is 0.415. The van der Waals surface area contributed by atoms with Crippen LogP contribution >= 0.6 is 0 Å². The Labute approximate surface area is 115 Å². The van der Waals surface area contributed by atoms with E-state index in [4.69, 9.17) is 5.11 Å². The lowest BCUT2D eigenvalue weighted by Gasteiger charge is -2.08. The summed E-state index contributed by atoms with van der Waals surface area (Å²) in [5, 5.41) is 8.67. The number of carbonyl (C=O) groups is 2. The SMILES string of the molecule is COC(=O)c1cccc(-n2cccc2/C=C/C(=O)O)c1. The van der Waals surface area contributed by atoms with Crippen LogP contribution in [0.4, 0.5) is 0 Å². The monoisotopic (exact) mass is 271 g/mol. The van der Waals surface area contributed by atoms with Gasteiger partial charge in [-0.2, -0.15) is 0 Å². The van der Waals surface area contributed by atoms with Gasteiger partial charge >= 0.3 is 11.9 Å². The van der Waals surface area contributed by atoms with Crippen LogP contribution in [-0.4, -0.2) is 28.7 Å². The topological polar surface area (TPSA) is 68.5 Å². The number of benzene rings is 1. The van der Waals surface area contributed by atoms with E-state index in [0.29, 0.717) is 11.3 Å². The predicted octanol–water partition coefficient (Wildman–Crippen LogP) is 2.36. The lowest BCUT2D eigenvalue weighted by atomic mass is 10.2.